The van der Waals surface area contributed by atoms with Crippen molar-refractivity contribution in [3.8, 4) is 0 Å². The zero-order valence-corrected chi connectivity index (χ0v) is 9.15. The highest BCUT2D eigenvalue weighted by Crippen LogP contribution is 2.11. The van der Waals surface area contributed by atoms with Crippen LogP contribution in [0.1, 0.15) is 5.01 Å². The van der Waals surface area contributed by atoms with Crippen molar-refractivity contribution < 1.29 is 4.84 Å². The molecule has 0 aliphatic rings. The molecule has 4 nitrogen and oxygen atoms in total. The normalized spacial score (nSPS) is 10.8. The summed E-state index contributed by atoms with van der Waals surface area (Å²) < 4.78 is 1.55. The van der Waals surface area contributed by atoms with Crippen LogP contribution in [-0.4, -0.2) is 14.7 Å². The van der Waals surface area contributed by atoms with Gasteiger partial charge >= 0.3 is 0 Å². The molecule has 0 spiro atoms. The summed E-state index contributed by atoms with van der Waals surface area (Å²) in [5.41, 5.74) is 1.79. The van der Waals surface area contributed by atoms with Crippen LogP contribution in [0.25, 0.3) is 11.0 Å². The molecule has 0 atom stereocenters. The molecule has 0 aliphatic carbocycles. The van der Waals surface area contributed by atoms with E-state index in [9.17, 15) is 0 Å². The van der Waals surface area contributed by atoms with E-state index in [1.807, 2.05) is 29.6 Å². The quantitative estimate of drug-likeness (QED) is 0.690. The topological polar surface area (TPSA) is 39.9 Å². The lowest BCUT2D eigenvalue weighted by Gasteiger charge is -2.03. The molecule has 0 fully saturated rings. The number of hydrogen-bond donors (Lipinski definition) is 0. The number of imidazole rings is 1. The number of fused-ring (bicyclic) bond motifs is 1. The van der Waals surface area contributed by atoms with E-state index in [1.54, 1.807) is 22.3 Å². The third kappa shape index (κ3) is 1.65. The summed E-state index contributed by atoms with van der Waals surface area (Å²) in [4.78, 5) is 13.8. The lowest BCUT2D eigenvalue weighted by atomic mass is 10.3. The minimum Gasteiger partial charge on any atom is -0.404 e. The van der Waals surface area contributed by atoms with Crippen molar-refractivity contribution in [2.45, 2.75) is 6.61 Å². The fraction of sp³-hybridized carbons (Fsp3) is 0.0909. The third-order valence-electron chi connectivity index (χ3n) is 2.16. The Balaban J connectivity index is 1.84. The molecule has 0 amide bonds. The smallest absolute Gasteiger partial charge is 0.216 e. The molecule has 0 aliphatic heterocycles. The number of hydrogen-bond acceptors (Lipinski definition) is 4. The van der Waals surface area contributed by atoms with Crippen molar-refractivity contribution in [1.29, 1.82) is 0 Å². The average molecular weight is 230 g/mol. The van der Waals surface area contributed by atoms with Crippen LogP contribution in [0.4, 0.5) is 0 Å². The van der Waals surface area contributed by atoms with Gasteiger partial charge in [0.15, 0.2) is 6.61 Å². The van der Waals surface area contributed by atoms with E-state index in [1.165, 1.54) is 0 Å². The highest BCUT2D eigenvalue weighted by molar-refractivity contribution is 7.09. The first-order chi connectivity index (χ1) is 7.93. The molecular formula is C11H8N3OS. The van der Waals surface area contributed by atoms with E-state index in [2.05, 4.69) is 16.3 Å². The molecule has 1 aromatic carbocycles. The van der Waals surface area contributed by atoms with Crippen molar-refractivity contribution in [2.75, 3.05) is 0 Å². The summed E-state index contributed by atoms with van der Waals surface area (Å²) in [6.45, 7) is 0.439. The van der Waals surface area contributed by atoms with Gasteiger partial charge in [-0.25, -0.2) is 9.97 Å². The van der Waals surface area contributed by atoms with E-state index in [0.29, 0.717) is 6.61 Å². The number of thiazole rings is 1. The van der Waals surface area contributed by atoms with E-state index >= 15 is 0 Å². The summed E-state index contributed by atoms with van der Waals surface area (Å²) in [6.07, 6.45) is 4.56. The molecular weight excluding hydrogens is 222 g/mol. The van der Waals surface area contributed by atoms with Crippen LogP contribution in [0.15, 0.2) is 35.8 Å². The van der Waals surface area contributed by atoms with Crippen molar-refractivity contribution in [1.82, 2.24) is 14.7 Å². The Labute approximate surface area is 96.1 Å². The summed E-state index contributed by atoms with van der Waals surface area (Å²) in [6, 6.07) is 7.76. The van der Waals surface area contributed by atoms with Crippen LogP contribution in [0.3, 0.4) is 0 Å². The Kier molecular flexibility index (Phi) is 2.30. The van der Waals surface area contributed by atoms with Gasteiger partial charge in [0.05, 0.1) is 5.52 Å². The van der Waals surface area contributed by atoms with E-state index in [0.717, 1.165) is 16.0 Å². The van der Waals surface area contributed by atoms with Crippen LogP contribution < -0.4 is 4.84 Å². The Morgan fingerprint density at radius 1 is 1.38 bits per heavy atom. The molecule has 0 saturated carbocycles. The molecule has 0 unspecified atom stereocenters. The van der Waals surface area contributed by atoms with Crippen LogP contribution in [0.5, 0.6) is 0 Å². The van der Waals surface area contributed by atoms with Crippen molar-refractivity contribution in [2.24, 2.45) is 0 Å². The Hall–Kier alpha value is -1.88. The van der Waals surface area contributed by atoms with Crippen LogP contribution in [-0.2, 0) is 6.61 Å². The van der Waals surface area contributed by atoms with Gasteiger partial charge in [-0.2, -0.15) is 4.73 Å². The van der Waals surface area contributed by atoms with Crippen LogP contribution >= 0.6 is 11.3 Å². The molecule has 0 N–H and O–H groups in total. The van der Waals surface area contributed by atoms with Gasteiger partial charge in [-0.1, -0.05) is 12.1 Å². The maximum atomic E-state index is 5.55. The number of benzene rings is 1. The zero-order valence-electron chi connectivity index (χ0n) is 8.33. The highest BCUT2D eigenvalue weighted by atomic mass is 32.1. The van der Waals surface area contributed by atoms with Crippen LogP contribution in [0.2, 0.25) is 0 Å². The molecule has 2 heterocycles. The summed E-state index contributed by atoms with van der Waals surface area (Å²) >= 11 is 1.57. The van der Waals surface area contributed by atoms with E-state index in [4.69, 9.17) is 4.84 Å². The Bertz CT molecular complexity index is 588. The van der Waals surface area contributed by atoms with Gasteiger partial charge in [-0.05, 0) is 12.1 Å². The van der Waals surface area contributed by atoms with Crippen LogP contribution in [0, 0.1) is 6.33 Å². The number of rotatable bonds is 3. The molecule has 3 rings (SSSR count). The molecule has 5 heteroatoms. The largest absolute Gasteiger partial charge is 0.404 e. The Morgan fingerprint density at radius 2 is 2.31 bits per heavy atom. The predicted octanol–water partition coefficient (Wildman–Crippen LogP) is 1.92. The molecule has 0 bridgehead atoms. The maximum absolute atomic E-state index is 5.55. The molecule has 1 radical (unpaired) electrons. The molecule has 2 aromatic heterocycles. The second kappa shape index (κ2) is 3.94. The minimum absolute atomic E-state index is 0.439. The summed E-state index contributed by atoms with van der Waals surface area (Å²) in [7, 11) is 0. The lowest BCUT2D eigenvalue weighted by molar-refractivity contribution is 0.104. The van der Waals surface area contributed by atoms with Gasteiger partial charge in [0.25, 0.3) is 0 Å². The first kappa shape index (κ1) is 9.35. The van der Waals surface area contributed by atoms with Crippen molar-refractivity contribution in [3.63, 3.8) is 0 Å². The zero-order chi connectivity index (χ0) is 10.8. The van der Waals surface area contributed by atoms with Gasteiger partial charge in [0.2, 0.25) is 6.33 Å². The molecule has 79 valence electrons. The fourth-order valence-electron chi connectivity index (χ4n) is 1.43. The van der Waals surface area contributed by atoms with E-state index < -0.39 is 0 Å². The van der Waals surface area contributed by atoms with Gasteiger partial charge in [-0.15, -0.1) is 11.3 Å². The SMILES string of the molecule is [c]1nc2ccccc2n1OCc1nccs1. The minimum atomic E-state index is 0.439. The summed E-state index contributed by atoms with van der Waals surface area (Å²) in [5.74, 6) is 0. The maximum Gasteiger partial charge on any atom is 0.216 e. The monoisotopic (exact) mass is 230 g/mol. The predicted molar refractivity (Wildman–Crippen MR) is 61.0 cm³/mol. The lowest BCUT2D eigenvalue weighted by Crippen LogP contribution is -2.09. The molecule has 3 aromatic rings. The summed E-state index contributed by atoms with van der Waals surface area (Å²) in [5, 5.41) is 2.86. The number of aromatic nitrogens is 3. The first-order valence-electron chi connectivity index (χ1n) is 4.80. The standard InChI is InChI=1S/C11H8N3OS/c1-2-4-10-9(3-1)13-8-14(10)15-7-11-12-5-6-16-11/h1-6H,7H2. The van der Waals surface area contributed by atoms with Gasteiger partial charge < -0.3 is 4.84 Å². The van der Waals surface area contributed by atoms with E-state index in [-0.39, 0.29) is 0 Å². The highest BCUT2D eigenvalue weighted by Gasteiger charge is 2.03. The average Bonchev–Trinajstić information content (AvgIpc) is 2.96. The number of nitrogens with zero attached hydrogens (tertiary/aromatic N) is 3. The molecule has 0 saturated heterocycles. The second-order valence-electron chi connectivity index (χ2n) is 3.19. The van der Waals surface area contributed by atoms with Crippen molar-refractivity contribution >= 4 is 22.4 Å². The fourth-order valence-corrected chi connectivity index (χ4v) is 1.95. The Morgan fingerprint density at radius 3 is 3.19 bits per heavy atom. The molecule has 16 heavy (non-hydrogen) atoms. The van der Waals surface area contributed by atoms with Crippen molar-refractivity contribution in [3.05, 3.63) is 47.2 Å². The van der Waals surface area contributed by atoms with Gasteiger partial charge in [0, 0.05) is 11.6 Å². The van der Waals surface area contributed by atoms with Gasteiger partial charge in [-0.3, -0.25) is 0 Å². The second-order valence-corrected chi connectivity index (χ2v) is 4.17. The number of para-hydroxylation sites is 2. The first-order valence-corrected chi connectivity index (χ1v) is 5.68. The van der Waals surface area contributed by atoms with Gasteiger partial charge in [0.1, 0.15) is 10.5 Å². The third-order valence-corrected chi connectivity index (χ3v) is 2.92.